The Balaban J connectivity index is 2.09. The van der Waals surface area contributed by atoms with Crippen molar-refractivity contribution < 1.29 is 22.5 Å². The molecule has 188 valence electrons. The fraction of sp³-hybridized carbons (Fsp3) is 0.407. The summed E-state index contributed by atoms with van der Waals surface area (Å²) in [7, 11) is -0.350. The van der Waals surface area contributed by atoms with E-state index in [0.29, 0.717) is 16.8 Å². The molecule has 0 spiro atoms. The molecule has 1 aliphatic heterocycles. The van der Waals surface area contributed by atoms with E-state index >= 15 is 0 Å². The quantitative estimate of drug-likeness (QED) is 0.412. The van der Waals surface area contributed by atoms with E-state index in [2.05, 4.69) is 11.6 Å². The Morgan fingerprint density at radius 1 is 1.06 bits per heavy atom. The summed E-state index contributed by atoms with van der Waals surface area (Å²) in [6, 6.07) is 14.6. The number of nitrogens with zero attached hydrogens (tertiary/aromatic N) is 2. The van der Waals surface area contributed by atoms with Crippen molar-refractivity contribution in [3.63, 3.8) is 0 Å². The molecule has 1 N–H and O–H groups in total. The minimum absolute atomic E-state index is 0.223. The van der Waals surface area contributed by atoms with E-state index in [9.17, 15) is 13.2 Å². The number of nitrogens with one attached hydrogen (secondary N) is 1. The van der Waals surface area contributed by atoms with Gasteiger partial charge >= 0.3 is 5.97 Å². The van der Waals surface area contributed by atoms with Gasteiger partial charge in [0.1, 0.15) is 17.8 Å². The summed E-state index contributed by atoms with van der Waals surface area (Å²) >= 11 is 0. The van der Waals surface area contributed by atoms with Crippen LogP contribution in [0.25, 0.3) is 16.8 Å². The van der Waals surface area contributed by atoms with Gasteiger partial charge in [-0.2, -0.15) is 4.59 Å². The Labute approximate surface area is 209 Å². The van der Waals surface area contributed by atoms with Crippen LogP contribution in [0, 0.1) is 0 Å². The molecule has 1 atom stereocenters. The zero-order chi connectivity index (χ0) is 26.0. The average Bonchev–Trinajstić information content (AvgIpc) is 3.06. The number of hydrogen-bond donors (Lipinski definition) is 1. The zero-order valence-corrected chi connectivity index (χ0v) is 22.5. The molecule has 7 nitrogen and oxygen atoms in total. The SMILES string of the molecule is CCCC[N+]1(C)N=C(C)C(C(=O)OC)=C1c1ccc(-c2ccccc2S(=O)(=O)NC(C)(C)C)cc1. The number of hydrogen-bond acceptors (Lipinski definition) is 5. The van der Waals surface area contributed by atoms with Crippen LogP contribution in [-0.4, -0.2) is 50.9 Å². The standard InChI is InChI=1S/C27H36N3O4S/c1-8-9-18-30(6)25(24(19(2)28-30)26(31)34-7)21-16-14-20(15-17-21)22-12-10-11-13-23(22)35(32,33)29-27(3,4)5/h10-17,29H,8-9,18H2,1-7H3/q+1. The van der Waals surface area contributed by atoms with Gasteiger partial charge in [-0.15, -0.1) is 0 Å². The lowest BCUT2D eigenvalue weighted by atomic mass is 9.99. The molecule has 0 bridgehead atoms. The molecule has 0 aliphatic carbocycles. The number of sulfonamides is 1. The number of esters is 1. The number of quaternary nitrogens is 1. The summed E-state index contributed by atoms with van der Waals surface area (Å²) in [4.78, 5) is 12.9. The van der Waals surface area contributed by atoms with Crippen LogP contribution in [0.1, 0.15) is 53.0 Å². The van der Waals surface area contributed by atoms with Crippen LogP contribution in [-0.2, 0) is 19.6 Å². The van der Waals surface area contributed by atoms with E-state index in [1.54, 1.807) is 18.2 Å². The fourth-order valence-electron chi connectivity index (χ4n) is 4.45. The van der Waals surface area contributed by atoms with Gasteiger partial charge in [-0.3, -0.25) is 0 Å². The Kier molecular flexibility index (Phi) is 7.69. The zero-order valence-electron chi connectivity index (χ0n) is 21.7. The molecule has 1 unspecified atom stereocenters. The molecule has 3 rings (SSSR count). The second kappa shape index (κ2) is 10.0. The van der Waals surface area contributed by atoms with Crippen LogP contribution in [0.4, 0.5) is 0 Å². The van der Waals surface area contributed by atoms with Crippen molar-refractivity contribution in [3.05, 3.63) is 59.7 Å². The van der Waals surface area contributed by atoms with Crippen molar-refractivity contribution in [2.75, 3.05) is 20.7 Å². The molecule has 2 aromatic rings. The molecule has 0 radical (unpaired) electrons. The summed E-state index contributed by atoms with van der Waals surface area (Å²) in [5, 5.41) is 4.82. The number of benzene rings is 2. The Bertz CT molecular complexity index is 1270. The smallest absolute Gasteiger partial charge is 0.346 e. The summed E-state index contributed by atoms with van der Waals surface area (Å²) < 4.78 is 34.3. The van der Waals surface area contributed by atoms with Crippen LogP contribution in [0.15, 0.2) is 64.1 Å². The molecule has 2 aromatic carbocycles. The molecule has 8 heteroatoms. The summed E-state index contributed by atoms with van der Waals surface area (Å²) in [5.41, 5.74) is 3.55. The van der Waals surface area contributed by atoms with Gasteiger partial charge < -0.3 is 4.74 Å². The summed E-state index contributed by atoms with van der Waals surface area (Å²) in [6.45, 7) is 10.2. The van der Waals surface area contributed by atoms with E-state index in [4.69, 9.17) is 9.84 Å². The van der Waals surface area contributed by atoms with Gasteiger partial charge in [0.15, 0.2) is 5.70 Å². The first kappa shape index (κ1) is 26.8. The third-order valence-electron chi connectivity index (χ3n) is 5.87. The highest BCUT2D eigenvalue weighted by Gasteiger charge is 2.42. The molecule has 0 fully saturated rings. The van der Waals surface area contributed by atoms with E-state index in [1.807, 2.05) is 65.1 Å². The van der Waals surface area contributed by atoms with Gasteiger partial charge in [0, 0.05) is 16.7 Å². The number of methoxy groups -OCH3 is 1. The predicted octanol–water partition coefficient (Wildman–Crippen LogP) is 4.95. The van der Waals surface area contributed by atoms with Gasteiger partial charge in [0.25, 0.3) is 0 Å². The van der Waals surface area contributed by atoms with Gasteiger partial charge in [0.2, 0.25) is 10.0 Å². The van der Waals surface area contributed by atoms with Crippen LogP contribution in [0.5, 0.6) is 0 Å². The largest absolute Gasteiger partial charge is 0.465 e. The highest BCUT2D eigenvalue weighted by Crippen LogP contribution is 2.38. The Morgan fingerprint density at radius 3 is 2.23 bits per heavy atom. The maximum absolute atomic E-state index is 13.1. The highest BCUT2D eigenvalue weighted by atomic mass is 32.2. The van der Waals surface area contributed by atoms with Crippen molar-refractivity contribution in [2.24, 2.45) is 5.10 Å². The fourth-order valence-corrected chi connectivity index (χ4v) is 6.09. The van der Waals surface area contributed by atoms with Crippen molar-refractivity contribution >= 4 is 27.4 Å². The second-order valence-electron chi connectivity index (χ2n) is 10.0. The van der Waals surface area contributed by atoms with Crippen LogP contribution in [0.2, 0.25) is 0 Å². The molecule has 0 amide bonds. The van der Waals surface area contributed by atoms with E-state index < -0.39 is 21.5 Å². The van der Waals surface area contributed by atoms with E-state index in [0.717, 1.165) is 36.2 Å². The molecule has 0 saturated carbocycles. The molecule has 0 saturated heterocycles. The molecule has 1 heterocycles. The third kappa shape index (κ3) is 5.72. The molecule has 35 heavy (non-hydrogen) atoms. The normalized spacial score (nSPS) is 18.5. The van der Waals surface area contributed by atoms with Gasteiger partial charge in [-0.25, -0.2) is 17.9 Å². The van der Waals surface area contributed by atoms with Crippen LogP contribution < -0.4 is 4.72 Å². The maximum atomic E-state index is 13.1. The summed E-state index contributed by atoms with van der Waals surface area (Å²) in [6.07, 6.45) is 1.96. The molecule has 1 aliphatic rings. The lowest BCUT2D eigenvalue weighted by Gasteiger charge is -2.27. The number of rotatable bonds is 8. The lowest BCUT2D eigenvalue weighted by Crippen LogP contribution is -2.40. The molecule has 0 aromatic heterocycles. The van der Waals surface area contributed by atoms with Crippen LogP contribution in [0.3, 0.4) is 0 Å². The van der Waals surface area contributed by atoms with Crippen molar-refractivity contribution in [3.8, 4) is 11.1 Å². The van der Waals surface area contributed by atoms with Crippen LogP contribution >= 0.6 is 0 Å². The number of carbonyl (C=O) groups is 1. The van der Waals surface area contributed by atoms with Gasteiger partial charge in [-0.05, 0) is 57.9 Å². The predicted molar refractivity (Wildman–Crippen MR) is 140 cm³/mol. The second-order valence-corrected chi connectivity index (χ2v) is 11.7. The lowest BCUT2D eigenvalue weighted by molar-refractivity contribution is -0.844. The minimum atomic E-state index is -3.72. The molecular formula is C27H36N3O4S+. The number of unbranched alkanes of at least 4 members (excludes halogenated alkanes) is 1. The highest BCUT2D eigenvalue weighted by molar-refractivity contribution is 7.89. The number of carbonyl (C=O) groups excluding carboxylic acids is 1. The van der Waals surface area contributed by atoms with Crippen molar-refractivity contribution in [2.45, 2.75) is 57.9 Å². The maximum Gasteiger partial charge on any atom is 0.346 e. The first-order valence-corrected chi connectivity index (χ1v) is 13.3. The Hall–Kier alpha value is -2.81. The van der Waals surface area contributed by atoms with E-state index in [1.165, 1.54) is 7.11 Å². The first-order chi connectivity index (χ1) is 16.3. The Morgan fingerprint density at radius 2 is 1.66 bits per heavy atom. The number of ether oxygens (including phenoxy) is 1. The minimum Gasteiger partial charge on any atom is -0.465 e. The van der Waals surface area contributed by atoms with Crippen molar-refractivity contribution in [1.82, 2.24) is 4.72 Å². The first-order valence-electron chi connectivity index (χ1n) is 11.8. The van der Waals surface area contributed by atoms with Gasteiger partial charge in [0.05, 0.1) is 19.1 Å². The van der Waals surface area contributed by atoms with E-state index in [-0.39, 0.29) is 9.49 Å². The molecular weight excluding hydrogens is 462 g/mol. The third-order valence-corrected chi connectivity index (χ3v) is 7.69. The average molecular weight is 499 g/mol. The van der Waals surface area contributed by atoms with Crippen molar-refractivity contribution in [1.29, 1.82) is 0 Å². The summed E-state index contributed by atoms with van der Waals surface area (Å²) in [5.74, 6) is -0.409. The topological polar surface area (TPSA) is 84.8 Å². The monoisotopic (exact) mass is 498 g/mol. The van der Waals surface area contributed by atoms with Gasteiger partial charge in [-0.1, -0.05) is 48.8 Å².